The van der Waals surface area contributed by atoms with Crippen LogP contribution in [0.1, 0.15) is 12.0 Å². The molecule has 8 heteroatoms. The van der Waals surface area contributed by atoms with Crippen molar-refractivity contribution in [3.05, 3.63) is 26.6 Å². The van der Waals surface area contributed by atoms with E-state index in [2.05, 4.69) is 31.9 Å². The zero-order valence-electron chi connectivity index (χ0n) is 10.3. The number of nitrogens with two attached hydrogens (primary N) is 1. The van der Waals surface area contributed by atoms with E-state index in [0.717, 1.165) is 10.0 Å². The van der Waals surface area contributed by atoms with Crippen LogP contribution in [0.2, 0.25) is 0 Å². The van der Waals surface area contributed by atoms with Crippen molar-refractivity contribution in [3.8, 4) is 0 Å². The van der Waals surface area contributed by atoms with Crippen LogP contribution in [-0.2, 0) is 10.0 Å². The summed E-state index contributed by atoms with van der Waals surface area (Å²) in [6.45, 7) is 2.79. The van der Waals surface area contributed by atoms with Crippen molar-refractivity contribution < 1.29 is 8.42 Å². The summed E-state index contributed by atoms with van der Waals surface area (Å²) in [6.07, 6.45) is 0.712. The van der Waals surface area contributed by atoms with Gasteiger partial charge in [-0.25, -0.2) is 8.42 Å². The predicted molar refractivity (Wildman–Crippen MR) is 85.2 cm³/mol. The van der Waals surface area contributed by atoms with Crippen LogP contribution in [-0.4, -0.2) is 31.9 Å². The summed E-state index contributed by atoms with van der Waals surface area (Å²) >= 11 is 6.69. The van der Waals surface area contributed by atoms with Crippen LogP contribution < -0.4 is 5.73 Å². The Balaban J connectivity index is 0.00000180. The Bertz CT molecular complexity index is 580. The first-order valence-electron chi connectivity index (χ1n) is 5.53. The fraction of sp³-hybridized carbons (Fsp3) is 0.455. The van der Waals surface area contributed by atoms with Crippen LogP contribution in [0.3, 0.4) is 0 Å². The van der Waals surface area contributed by atoms with Crippen molar-refractivity contribution in [1.29, 1.82) is 0 Å². The van der Waals surface area contributed by atoms with Gasteiger partial charge in [0, 0.05) is 28.1 Å². The minimum atomic E-state index is -3.47. The zero-order chi connectivity index (χ0) is 13.5. The van der Waals surface area contributed by atoms with Crippen molar-refractivity contribution in [2.24, 2.45) is 5.73 Å². The van der Waals surface area contributed by atoms with Gasteiger partial charge in [0.25, 0.3) is 0 Å². The number of hydrogen-bond acceptors (Lipinski definition) is 3. The van der Waals surface area contributed by atoms with E-state index < -0.39 is 10.0 Å². The number of aryl methyl sites for hydroxylation is 1. The third-order valence-electron chi connectivity index (χ3n) is 3.02. The van der Waals surface area contributed by atoms with Gasteiger partial charge in [0.1, 0.15) is 0 Å². The Labute approximate surface area is 136 Å². The molecule has 1 heterocycles. The third-order valence-corrected chi connectivity index (χ3v) is 6.70. The van der Waals surface area contributed by atoms with Crippen molar-refractivity contribution >= 4 is 54.3 Å². The average Bonchev–Trinajstić information content (AvgIpc) is 2.70. The molecule has 1 aromatic rings. The summed E-state index contributed by atoms with van der Waals surface area (Å²) in [7, 11) is -3.47. The van der Waals surface area contributed by atoms with Gasteiger partial charge in [0.15, 0.2) is 0 Å². The largest absolute Gasteiger partial charge is 0.326 e. The molecule has 0 spiro atoms. The summed E-state index contributed by atoms with van der Waals surface area (Å²) in [5, 5.41) is 0. The maximum absolute atomic E-state index is 12.5. The number of nitrogens with zero attached hydrogens (tertiary/aromatic N) is 1. The summed E-state index contributed by atoms with van der Waals surface area (Å²) in [5.74, 6) is 0. The maximum atomic E-state index is 12.5. The summed E-state index contributed by atoms with van der Waals surface area (Å²) in [6, 6.07) is 3.37. The number of hydrogen-bond donors (Lipinski definition) is 1. The molecule has 1 aliphatic rings. The molecule has 2 rings (SSSR count). The Morgan fingerprint density at radius 3 is 2.47 bits per heavy atom. The van der Waals surface area contributed by atoms with Crippen LogP contribution in [0.25, 0.3) is 0 Å². The van der Waals surface area contributed by atoms with E-state index in [4.69, 9.17) is 5.73 Å². The van der Waals surface area contributed by atoms with E-state index in [9.17, 15) is 8.42 Å². The molecule has 0 radical (unpaired) electrons. The normalized spacial score (nSPS) is 20.3. The van der Waals surface area contributed by atoms with Crippen LogP contribution >= 0.6 is 44.3 Å². The van der Waals surface area contributed by atoms with Gasteiger partial charge in [-0.15, -0.1) is 12.4 Å². The molecule has 0 aromatic heterocycles. The van der Waals surface area contributed by atoms with E-state index in [1.165, 1.54) is 4.31 Å². The smallest absolute Gasteiger partial charge is 0.244 e. The molecule has 1 aromatic carbocycles. The highest BCUT2D eigenvalue weighted by Crippen LogP contribution is 2.31. The van der Waals surface area contributed by atoms with Gasteiger partial charge in [0.05, 0.1) is 4.90 Å². The highest BCUT2D eigenvalue weighted by molar-refractivity contribution is 9.11. The highest BCUT2D eigenvalue weighted by atomic mass is 79.9. The van der Waals surface area contributed by atoms with Crippen LogP contribution in [0.15, 0.2) is 26.0 Å². The first-order chi connectivity index (χ1) is 8.32. The minimum absolute atomic E-state index is 0. The number of halogens is 3. The Hall–Kier alpha value is 0.340. The minimum Gasteiger partial charge on any atom is -0.326 e. The van der Waals surface area contributed by atoms with Crippen molar-refractivity contribution in [3.63, 3.8) is 0 Å². The van der Waals surface area contributed by atoms with E-state index in [0.29, 0.717) is 24.0 Å². The molecule has 4 nitrogen and oxygen atoms in total. The number of sulfonamides is 1. The van der Waals surface area contributed by atoms with Gasteiger partial charge in [0.2, 0.25) is 10.0 Å². The van der Waals surface area contributed by atoms with E-state index in [-0.39, 0.29) is 23.3 Å². The Morgan fingerprint density at radius 2 is 1.95 bits per heavy atom. The molecule has 0 amide bonds. The van der Waals surface area contributed by atoms with Gasteiger partial charge in [-0.1, -0.05) is 15.9 Å². The topological polar surface area (TPSA) is 63.4 Å². The van der Waals surface area contributed by atoms with Crippen molar-refractivity contribution in [1.82, 2.24) is 4.31 Å². The molecular formula is C11H15Br2ClN2O2S. The van der Waals surface area contributed by atoms with Crippen molar-refractivity contribution in [2.45, 2.75) is 24.3 Å². The van der Waals surface area contributed by atoms with E-state index in [1.807, 2.05) is 6.92 Å². The molecule has 108 valence electrons. The third kappa shape index (κ3) is 3.51. The molecular weight excluding hydrogens is 419 g/mol. The molecule has 1 saturated heterocycles. The average molecular weight is 435 g/mol. The molecule has 1 unspecified atom stereocenters. The molecule has 0 aliphatic carbocycles. The summed E-state index contributed by atoms with van der Waals surface area (Å²) < 4.78 is 27.8. The molecule has 0 saturated carbocycles. The van der Waals surface area contributed by atoms with Gasteiger partial charge >= 0.3 is 0 Å². The van der Waals surface area contributed by atoms with Crippen molar-refractivity contribution in [2.75, 3.05) is 13.1 Å². The second-order valence-electron chi connectivity index (χ2n) is 4.44. The van der Waals surface area contributed by atoms with Gasteiger partial charge in [-0.3, -0.25) is 0 Å². The first kappa shape index (κ1) is 17.4. The van der Waals surface area contributed by atoms with Gasteiger partial charge < -0.3 is 5.73 Å². The quantitative estimate of drug-likeness (QED) is 0.778. The number of rotatable bonds is 2. The van der Waals surface area contributed by atoms with Crippen LogP contribution in [0.5, 0.6) is 0 Å². The monoisotopic (exact) mass is 432 g/mol. The SMILES string of the molecule is Cc1cc(Br)c(S(=O)(=O)N2CCC(N)C2)cc1Br.Cl. The first-order valence-corrected chi connectivity index (χ1v) is 8.56. The Morgan fingerprint density at radius 1 is 1.32 bits per heavy atom. The summed E-state index contributed by atoms with van der Waals surface area (Å²) in [5.41, 5.74) is 6.75. The van der Waals surface area contributed by atoms with Gasteiger partial charge in [-0.2, -0.15) is 4.31 Å². The lowest BCUT2D eigenvalue weighted by Crippen LogP contribution is -2.32. The van der Waals surface area contributed by atoms with E-state index >= 15 is 0 Å². The molecule has 1 fully saturated rings. The predicted octanol–water partition coefficient (Wildman–Crippen LogP) is 2.66. The van der Waals surface area contributed by atoms with Gasteiger partial charge in [-0.05, 0) is 47.0 Å². The number of benzene rings is 1. The second kappa shape index (κ2) is 6.41. The van der Waals surface area contributed by atoms with Crippen LogP contribution in [0, 0.1) is 6.92 Å². The van der Waals surface area contributed by atoms with Crippen LogP contribution in [0.4, 0.5) is 0 Å². The molecule has 0 bridgehead atoms. The molecule has 19 heavy (non-hydrogen) atoms. The fourth-order valence-corrected chi connectivity index (χ4v) is 5.09. The highest BCUT2D eigenvalue weighted by Gasteiger charge is 2.32. The lowest BCUT2D eigenvalue weighted by molar-refractivity contribution is 0.472. The lowest BCUT2D eigenvalue weighted by Gasteiger charge is -2.17. The zero-order valence-corrected chi connectivity index (χ0v) is 15.1. The molecule has 2 N–H and O–H groups in total. The second-order valence-corrected chi connectivity index (χ2v) is 8.06. The van der Waals surface area contributed by atoms with E-state index in [1.54, 1.807) is 12.1 Å². The fourth-order valence-electron chi connectivity index (χ4n) is 1.94. The molecule has 1 atom stereocenters. The maximum Gasteiger partial charge on any atom is 0.244 e. The lowest BCUT2D eigenvalue weighted by atomic mass is 10.2. The molecule has 1 aliphatic heterocycles. The standard InChI is InChI=1S/C11H14Br2N2O2S.ClH/c1-7-4-10(13)11(5-9(7)12)18(16,17)15-3-2-8(14)6-15;/h4-5,8H,2-3,6,14H2,1H3;1H. The Kier molecular flexibility index (Phi) is 5.86. The summed E-state index contributed by atoms with van der Waals surface area (Å²) in [4.78, 5) is 0.286.